The van der Waals surface area contributed by atoms with Crippen molar-refractivity contribution < 1.29 is 14.3 Å². The lowest BCUT2D eigenvalue weighted by Crippen LogP contribution is -2.37. The molecule has 0 saturated heterocycles. The number of nitrogens with two attached hydrogens (primary N) is 1. The van der Waals surface area contributed by atoms with Gasteiger partial charge in [-0.2, -0.15) is 0 Å². The summed E-state index contributed by atoms with van der Waals surface area (Å²) in [5.74, 6) is -1.75. The molecule has 0 aliphatic carbocycles. The summed E-state index contributed by atoms with van der Waals surface area (Å²) in [6, 6.07) is 7.15. The second kappa shape index (κ2) is 4.66. The molecular weight excluding hydrogens is 244 g/mol. The number of benzene rings is 1. The summed E-state index contributed by atoms with van der Waals surface area (Å²) in [5, 5.41) is 0. The van der Waals surface area contributed by atoms with Crippen LogP contribution >= 0.6 is 0 Å². The van der Waals surface area contributed by atoms with Crippen LogP contribution in [0.3, 0.4) is 0 Å². The molecule has 19 heavy (non-hydrogen) atoms. The zero-order valence-corrected chi connectivity index (χ0v) is 11.3. The van der Waals surface area contributed by atoms with Gasteiger partial charge in [-0.3, -0.25) is 14.5 Å². The molecular formula is C14H18N2O3. The molecule has 102 valence electrons. The van der Waals surface area contributed by atoms with Crippen molar-refractivity contribution in [1.29, 1.82) is 0 Å². The number of rotatable bonds is 2. The van der Waals surface area contributed by atoms with Gasteiger partial charge in [0, 0.05) is 5.69 Å². The number of carbonyl (C=O) groups is 2. The lowest BCUT2D eigenvalue weighted by molar-refractivity contribution is -0.158. The van der Waals surface area contributed by atoms with Gasteiger partial charge in [-0.15, -0.1) is 0 Å². The van der Waals surface area contributed by atoms with Crippen LogP contribution in [0.4, 0.5) is 5.69 Å². The van der Waals surface area contributed by atoms with E-state index in [-0.39, 0.29) is 12.6 Å². The molecule has 5 heteroatoms. The maximum absolute atomic E-state index is 12.3. The van der Waals surface area contributed by atoms with Crippen molar-refractivity contribution in [3.05, 3.63) is 29.8 Å². The average molecular weight is 262 g/mol. The second-order valence-corrected chi connectivity index (χ2v) is 5.47. The number of fused-ring (bicyclic) bond motifs is 1. The molecule has 0 spiro atoms. The van der Waals surface area contributed by atoms with Crippen LogP contribution in [0.2, 0.25) is 0 Å². The molecule has 1 atom stereocenters. The van der Waals surface area contributed by atoms with E-state index >= 15 is 0 Å². The van der Waals surface area contributed by atoms with Crippen molar-refractivity contribution >= 4 is 17.6 Å². The van der Waals surface area contributed by atoms with Gasteiger partial charge in [-0.25, -0.2) is 0 Å². The Bertz CT molecular complexity index is 520. The topological polar surface area (TPSA) is 72.6 Å². The van der Waals surface area contributed by atoms with Crippen LogP contribution < -0.4 is 10.6 Å². The summed E-state index contributed by atoms with van der Waals surface area (Å²) >= 11 is 0. The van der Waals surface area contributed by atoms with E-state index in [0.717, 1.165) is 0 Å². The Morgan fingerprint density at radius 3 is 2.58 bits per heavy atom. The molecule has 1 amide bonds. The molecule has 0 fully saturated rings. The number of ether oxygens (including phenoxy) is 1. The molecule has 1 aromatic carbocycles. The summed E-state index contributed by atoms with van der Waals surface area (Å²) in [7, 11) is 0. The number of nitrogens with zero attached hydrogens (tertiary/aromatic N) is 1. The van der Waals surface area contributed by atoms with Crippen LogP contribution in [0.25, 0.3) is 0 Å². The Labute approximate surface area is 112 Å². The first-order valence-electron chi connectivity index (χ1n) is 6.18. The number of anilines is 1. The Balaban J connectivity index is 2.37. The van der Waals surface area contributed by atoms with Gasteiger partial charge in [0.2, 0.25) is 5.91 Å². The number of hydrogen-bond acceptors (Lipinski definition) is 4. The van der Waals surface area contributed by atoms with Gasteiger partial charge in [0.1, 0.15) is 5.60 Å². The van der Waals surface area contributed by atoms with Crippen molar-refractivity contribution in [1.82, 2.24) is 0 Å². The Kier molecular flexibility index (Phi) is 3.32. The zero-order chi connectivity index (χ0) is 14.2. The highest BCUT2D eigenvalue weighted by molar-refractivity contribution is 6.16. The molecule has 2 rings (SSSR count). The van der Waals surface area contributed by atoms with Crippen LogP contribution in [0.1, 0.15) is 32.3 Å². The van der Waals surface area contributed by atoms with Gasteiger partial charge in [0.25, 0.3) is 0 Å². The minimum absolute atomic E-state index is 0.0507. The van der Waals surface area contributed by atoms with Crippen LogP contribution in [0.5, 0.6) is 0 Å². The molecule has 2 N–H and O–H groups in total. The Morgan fingerprint density at radius 2 is 2.00 bits per heavy atom. The van der Waals surface area contributed by atoms with Gasteiger partial charge < -0.3 is 10.5 Å². The SMILES string of the molecule is CC(C)(C)OC(=O)C1C(=O)N(CN)c2ccccc21. The van der Waals surface area contributed by atoms with Crippen molar-refractivity contribution in [2.75, 3.05) is 11.6 Å². The maximum atomic E-state index is 12.3. The van der Waals surface area contributed by atoms with E-state index in [9.17, 15) is 9.59 Å². The van der Waals surface area contributed by atoms with E-state index in [1.165, 1.54) is 4.90 Å². The van der Waals surface area contributed by atoms with Crippen molar-refractivity contribution in [2.24, 2.45) is 5.73 Å². The monoisotopic (exact) mass is 262 g/mol. The van der Waals surface area contributed by atoms with Crippen LogP contribution in [-0.2, 0) is 14.3 Å². The Hall–Kier alpha value is -1.88. The highest BCUT2D eigenvalue weighted by atomic mass is 16.6. The average Bonchev–Trinajstić information content (AvgIpc) is 2.58. The number of amides is 1. The summed E-state index contributed by atoms with van der Waals surface area (Å²) in [6.07, 6.45) is 0. The predicted octanol–water partition coefficient (Wildman–Crippen LogP) is 1.37. The standard InChI is InChI=1S/C14H18N2O3/c1-14(2,3)19-13(18)11-9-6-4-5-7-10(9)16(8-15)12(11)17/h4-7,11H,8,15H2,1-3H3. The van der Waals surface area contributed by atoms with Gasteiger partial charge >= 0.3 is 5.97 Å². The van der Waals surface area contributed by atoms with E-state index in [0.29, 0.717) is 11.3 Å². The van der Waals surface area contributed by atoms with E-state index in [1.807, 2.05) is 6.07 Å². The lowest BCUT2D eigenvalue weighted by Gasteiger charge is -2.22. The quantitative estimate of drug-likeness (QED) is 0.645. The summed E-state index contributed by atoms with van der Waals surface area (Å²) < 4.78 is 5.31. The van der Waals surface area contributed by atoms with Crippen LogP contribution in [0.15, 0.2) is 24.3 Å². The smallest absolute Gasteiger partial charge is 0.323 e. The van der Waals surface area contributed by atoms with Crippen molar-refractivity contribution in [3.63, 3.8) is 0 Å². The zero-order valence-electron chi connectivity index (χ0n) is 11.3. The fraction of sp³-hybridized carbons (Fsp3) is 0.429. The highest BCUT2D eigenvalue weighted by Crippen LogP contribution is 2.37. The van der Waals surface area contributed by atoms with Crippen molar-refractivity contribution in [2.45, 2.75) is 32.3 Å². The van der Waals surface area contributed by atoms with E-state index < -0.39 is 17.5 Å². The van der Waals surface area contributed by atoms with Crippen molar-refractivity contribution in [3.8, 4) is 0 Å². The van der Waals surface area contributed by atoms with Gasteiger partial charge in [-0.1, -0.05) is 18.2 Å². The lowest BCUT2D eigenvalue weighted by atomic mass is 10.0. The summed E-state index contributed by atoms with van der Waals surface area (Å²) in [4.78, 5) is 25.9. The molecule has 0 saturated carbocycles. The fourth-order valence-corrected chi connectivity index (χ4v) is 2.16. The number of para-hydroxylation sites is 1. The fourth-order valence-electron chi connectivity index (χ4n) is 2.16. The number of esters is 1. The molecule has 0 bridgehead atoms. The molecule has 0 aromatic heterocycles. The van der Waals surface area contributed by atoms with E-state index in [4.69, 9.17) is 10.5 Å². The molecule has 1 unspecified atom stereocenters. The molecule has 1 aromatic rings. The predicted molar refractivity (Wildman–Crippen MR) is 71.6 cm³/mol. The Morgan fingerprint density at radius 1 is 1.37 bits per heavy atom. The van der Waals surface area contributed by atoms with E-state index in [1.54, 1.807) is 39.0 Å². The minimum Gasteiger partial charge on any atom is -0.459 e. The molecule has 5 nitrogen and oxygen atoms in total. The first-order valence-corrected chi connectivity index (χ1v) is 6.18. The molecule has 0 radical (unpaired) electrons. The number of hydrogen-bond donors (Lipinski definition) is 1. The molecule has 1 aliphatic rings. The minimum atomic E-state index is -0.904. The first-order chi connectivity index (χ1) is 8.85. The largest absolute Gasteiger partial charge is 0.459 e. The van der Waals surface area contributed by atoms with Gasteiger partial charge in [0.15, 0.2) is 5.92 Å². The van der Waals surface area contributed by atoms with Gasteiger partial charge in [0.05, 0.1) is 6.67 Å². The van der Waals surface area contributed by atoms with Crippen LogP contribution in [-0.4, -0.2) is 24.1 Å². The number of carbonyl (C=O) groups excluding carboxylic acids is 2. The molecule has 1 heterocycles. The first kappa shape index (κ1) is 13.5. The van der Waals surface area contributed by atoms with Gasteiger partial charge in [-0.05, 0) is 32.4 Å². The third-order valence-electron chi connectivity index (χ3n) is 2.88. The summed E-state index contributed by atoms with van der Waals surface area (Å²) in [5.41, 5.74) is 6.30. The highest BCUT2D eigenvalue weighted by Gasteiger charge is 2.43. The normalized spacial score (nSPS) is 18.4. The summed E-state index contributed by atoms with van der Waals surface area (Å²) in [6.45, 7) is 5.37. The third-order valence-corrected chi connectivity index (χ3v) is 2.88. The third kappa shape index (κ3) is 2.46. The molecule has 1 aliphatic heterocycles. The van der Waals surface area contributed by atoms with Crippen LogP contribution in [0, 0.1) is 0 Å². The second-order valence-electron chi connectivity index (χ2n) is 5.47. The van der Waals surface area contributed by atoms with E-state index in [2.05, 4.69) is 0 Å². The maximum Gasteiger partial charge on any atom is 0.323 e.